The van der Waals surface area contributed by atoms with Gasteiger partial charge in [-0.15, -0.1) is 9.63 Å². The first kappa shape index (κ1) is 45.2. The molecule has 0 saturated heterocycles. The zero-order chi connectivity index (χ0) is 39.1. The fourth-order valence-electron chi connectivity index (χ4n) is 5.32. The number of nitrogens with zero attached hydrogens (tertiary/aromatic N) is 4. The van der Waals surface area contributed by atoms with E-state index in [1.54, 1.807) is 49.4 Å². The van der Waals surface area contributed by atoms with Gasteiger partial charge in [-0.2, -0.15) is 0 Å². The molecule has 0 heterocycles. The zero-order valence-electron chi connectivity index (χ0n) is 31.4. The maximum atomic E-state index is 12.4. The molecule has 2 aliphatic rings. The molecule has 4 rings (SSSR count). The first-order chi connectivity index (χ1) is 25.9. The first-order valence-electron chi connectivity index (χ1n) is 17.4. The minimum absolute atomic E-state index is 0.0140. The van der Waals surface area contributed by atoms with E-state index in [0.29, 0.717) is 23.3 Å². The molecular formula is C34H51N6O7P4S3+3. The van der Waals surface area contributed by atoms with Gasteiger partial charge >= 0.3 is 28.8 Å². The summed E-state index contributed by atoms with van der Waals surface area (Å²) in [5.74, 6) is 2.09. The minimum atomic E-state index is -3.15. The van der Waals surface area contributed by atoms with Crippen molar-refractivity contribution in [3.05, 3.63) is 84.0 Å². The summed E-state index contributed by atoms with van der Waals surface area (Å²) in [4.78, 5) is 0. The summed E-state index contributed by atoms with van der Waals surface area (Å²) in [6.45, 7) is 1.58. The van der Waals surface area contributed by atoms with Crippen molar-refractivity contribution in [2.24, 2.45) is 16.9 Å². The highest BCUT2D eigenvalue weighted by molar-refractivity contribution is 8.02. The number of hydrazone groups is 1. The van der Waals surface area contributed by atoms with Gasteiger partial charge in [0.05, 0.1) is 32.6 Å². The summed E-state index contributed by atoms with van der Waals surface area (Å²) >= 11 is 16.9. The number of hydrogen-bond acceptors (Lipinski definition) is 13. The Hall–Kier alpha value is -1.54. The molecule has 2 aliphatic carbocycles. The van der Waals surface area contributed by atoms with Crippen LogP contribution in [0, 0.1) is 11.8 Å². The Labute approximate surface area is 337 Å². The van der Waals surface area contributed by atoms with Gasteiger partial charge in [0.1, 0.15) is 6.10 Å². The van der Waals surface area contributed by atoms with Crippen LogP contribution in [0.25, 0.3) is 0 Å². The predicted octanol–water partition coefficient (Wildman–Crippen LogP) is 7.92. The summed E-state index contributed by atoms with van der Waals surface area (Å²) < 4.78 is 51.4. The fraction of sp³-hybridized carbons (Fsp3) is 0.500. The largest absolute Gasteiger partial charge is 0.540 e. The minimum Gasteiger partial charge on any atom is -0.377 e. The molecule has 13 nitrogen and oxygen atoms in total. The fourth-order valence-corrected chi connectivity index (χ4v) is 9.63. The summed E-state index contributed by atoms with van der Waals surface area (Å²) in [6, 6.07) is 14.7. The molecule has 0 aromatic heterocycles. The van der Waals surface area contributed by atoms with Crippen molar-refractivity contribution in [3.63, 3.8) is 0 Å². The van der Waals surface area contributed by atoms with Crippen molar-refractivity contribution >= 4 is 70.5 Å². The van der Waals surface area contributed by atoms with E-state index in [1.165, 1.54) is 14.2 Å². The summed E-state index contributed by atoms with van der Waals surface area (Å²) in [5.41, 5.74) is 8.51. The van der Waals surface area contributed by atoms with Gasteiger partial charge in [0, 0.05) is 41.5 Å². The van der Waals surface area contributed by atoms with Gasteiger partial charge in [-0.25, -0.2) is 10.9 Å². The second-order valence-electron chi connectivity index (χ2n) is 12.6. The van der Waals surface area contributed by atoms with E-state index in [1.807, 2.05) is 47.9 Å². The predicted molar refractivity (Wildman–Crippen MR) is 229 cm³/mol. The Morgan fingerprint density at radius 3 is 1.78 bits per heavy atom. The van der Waals surface area contributed by atoms with E-state index in [4.69, 9.17) is 62.8 Å². The Balaban J connectivity index is 1.13. The molecule has 294 valence electrons. The van der Waals surface area contributed by atoms with Gasteiger partial charge in [0.2, 0.25) is 35.4 Å². The Morgan fingerprint density at radius 1 is 0.741 bits per heavy atom. The number of methoxy groups -OCH3 is 1. The standard InChI is InChI=1S/C34H51N6O7P4S3/c1-38(35-23-27-7-15-31(42-4)16-8-27)48(52)45-32-17-9-28(10-18-32)24-36-39(2)49(53)46-33-19-11-29(12-20-33)25-37-40(3)50(54)47-34-21-13-30(14-22-34)26-51(41,43-5)44-6/h7,9,11-15,17,19-22,25,27-28,31-32,35-36H,8,10,16,18,23-24,26H2,1-6H3/q+3/b37-25+. The molecule has 0 radical (unpaired) electrons. The number of hydrogen-bond donors (Lipinski definition) is 2. The van der Waals surface area contributed by atoms with Crippen LogP contribution in [0.5, 0.6) is 11.5 Å². The van der Waals surface area contributed by atoms with Gasteiger partial charge in [-0.1, -0.05) is 41.2 Å². The number of benzene rings is 2. The smallest absolute Gasteiger partial charge is 0.377 e. The Kier molecular flexibility index (Phi) is 19.2. The average Bonchev–Trinajstić information content (AvgIpc) is 3.19. The second kappa shape index (κ2) is 23.0. The molecule has 0 amide bonds. The molecule has 20 heteroatoms. The molecule has 0 bridgehead atoms. The molecule has 0 aliphatic heterocycles. The van der Waals surface area contributed by atoms with Crippen LogP contribution in [-0.2, 0) is 64.5 Å². The lowest BCUT2D eigenvalue weighted by Crippen LogP contribution is -2.35. The van der Waals surface area contributed by atoms with Crippen LogP contribution in [0.2, 0.25) is 0 Å². The van der Waals surface area contributed by atoms with Crippen molar-refractivity contribution in [1.82, 2.24) is 25.2 Å². The van der Waals surface area contributed by atoms with Gasteiger partial charge in [-0.05, 0) is 94.6 Å². The molecule has 2 aromatic carbocycles. The van der Waals surface area contributed by atoms with Crippen LogP contribution in [0.1, 0.15) is 36.8 Å². The SMILES string of the molecule is COC1C=CC(CNN(C)[P+](=S)OC2C=CC(CNN(C)[P+](=S)Oc3ccc(/C=N/N(C)[P+](=S)Oc4ccc(CP(=O)(OC)OC)cc4)cc3)CC2)CC1. The van der Waals surface area contributed by atoms with E-state index in [9.17, 15) is 4.57 Å². The lowest BCUT2D eigenvalue weighted by atomic mass is 9.94. The molecular weight excluding hydrogens is 825 g/mol. The van der Waals surface area contributed by atoms with Gasteiger partial charge in [0.15, 0.2) is 11.5 Å². The number of rotatable bonds is 22. The van der Waals surface area contributed by atoms with Crippen LogP contribution < -0.4 is 19.9 Å². The topological polar surface area (TPSA) is 119 Å². The van der Waals surface area contributed by atoms with E-state index >= 15 is 0 Å². The molecule has 7 unspecified atom stereocenters. The highest BCUT2D eigenvalue weighted by Crippen LogP contribution is 2.49. The number of hydrazine groups is 2. The summed E-state index contributed by atoms with van der Waals surface area (Å²) in [5, 5.41) is 4.45. The summed E-state index contributed by atoms with van der Waals surface area (Å²) in [7, 11) is 3.02. The monoisotopic (exact) mass is 875 g/mol. The Morgan fingerprint density at radius 2 is 1.26 bits per heavy atom. The van der Waals surface area contributed by atoms with Gasteiger partial charge < -0.3 is 13.8 Å². The van der Waals surface area contributed by atoms with Crippen molar-refractivity contribution in [2.45, 2.75) is 44.1 Å². The maximum absolute atomic E-state index is 12.4. The van der Waals surface area contributed by atoms with E-state index in [2.05, 4.69) is 40.3 Å². The van der Waals surface area contributed by atoms with Crippen LogP contribution >= 0.6 is 28.8 Å². The van der Waals surface area contributed by atoms with E-state index in [-0.39, 0.29) is 18.4 Å². The molecule has 0 saturated carbocycles. The first-order valence-corrected chi connectivity index (χ1v) is 25.8. The van der Waals surface area contributed by atoms with Crippen molar-refractivity contribution < 1.29 is 31.9 Å². The molecule has 2 aromatic rings. The Bertz CT molecular complexity index is 1680. The molecule has 2 N–H and O–H groups in total. The van der Waals surface area contributed by atoms with Crippen molar-refractivity contribution in [3.8, 4) is 11.5 Å². The molecule has 0 fully saturated rings. The third-order valence-electron chi connectivity index (χ3n) is 8.74. The van der Waals surface area contributed by atoms with Crippen LogP contribution in [0.4, 0.5) is 0 Å². The van der Waals surface area contributed by atoms with Crippen LogP contribution in [-0.4, -0.2) is 88.3 Å². The van der Waals surface area contributed by atoms with Gasteiger partial charge in [-0.3, -0.25) is 13.6 Å². The maximum Gasteiger partial charge on any atom is 0.540 e. The number of nitrogens with one attached hydrogen (secondary N) is 2. The highest BCUT2D eigenvalue weighted by atomic mass is 32.4. The molecule has 54 heavy (non-hydrogen) atoms. The highest BCUT2D eigenvalue weighted by Gasteiger charge is 2.30. The number of ether oxygens (including phenoxy) is 1. The van der Waals surface area contributed by atoms with Gasteiger partial charge in [0.25, 0.3) is 0 Å². The van der Waals surface area contributed by atoms with Crippen LogP contribution in [0.3, 0.4) is 0 Å². The lowest BCUT2D eigenvalue weighted by molar-refractivity contribution is 0.121. The van der Waals surface area contributed by atoms with Crippen molar-refractivity contribution in [1.29, 1.82) is 0 Å². The van der Waals surface area contributed by atoms with Crippen molar-refractivity contribution in [2.75, 3.05) is 55.6 Å². The second-order valence-corrected chi connectivity index (χ2v) is 21.5. The molecule has 0 spiro atoms. The third-order valence-corrected chi connectivity index (χ3v) is 16.5. The van der Waals surface area contributed by atoms with E-state index in [0.717, 1.165) is 49.9 Å². The average molecular weight is 876 g/mol. The third kappa shape index (κ3) is 15.1. The normalized spacial score (nSPS) is 21.1. The zero-order valence-corrected chi connectivity index (χ0v) is 37.5. The summed E-state index contributed by atoms with van der Waals surface area (Å²) in [6.07, 6.45) is 14.9. The quantitative estimate of drug-likeness (QED) is 0.0516. The van der Waals surface area contributed by atoms with E-state index < -0.39 is 28.8 Å². The van der Waals surface area contributed by atoms with Crippen LogP contribution in [0.15, 0.2) is 77.9 Å². The lowest BCUT2D eigenvalue weighted by Gasteiger charge is -2.23. The molecule has 7 atom stereocenters.